The zero-order valence-electron chi connectivity index (χ0n) is 20.3. The topological polar surface area (TPSA) is 56.5 Å². The van der Waals surface area contributed by atoms with Crippen LogP contribution in [-0.4, -0.2) is 15.9 Å². The van der Waals surface area contributed by atoms with E-state index < -0.39 is 17.3 Å². The van der Waals surface area contributed by atoms with Gasteiger partial charge in [-0.15, -0.1) is 0 Å². The Balaban J connectivity index is 1.54. The Morgan fingerprint density at radius 2 is 1.65 bits per heavy atom. The van der Waals surface area contributed by atoms with Gasteiger partial charge in [0.1, 0.15) is 12.4 Å². The molecule has 5 rings (SSSR count). The van der Waals surface area contributed by atoms with Gasteiger partial charge in [0.05, 0.1) is 29.8 Å². The fraction of sp³-hybridized carbons (Fsp3) is 0.0690. The highest BCUT2D eigenvalue weighted by molar-refractivity contribution is 14.1. The summed E-state index contributed by atoms with van der Waals surface area (Å²) in [6.45, 7) is 0.289. The summed E-state index contributed by atoms with van der Waals surface area (Å²) in [4.78, 5) is 17.9. The summed E-state index contributed by atoms with van der Waals surface area (Å²) in [5.74, 6) is 0.669. The Kier molecular flexibility index (Phi) is 8.47. The predicted octanol–water partition coefficient (Wildman–Crippen LogP) is 8.41. The zero-order valence-corrected chi connectivity index (χ0v) is 25.4. The molecule has 0 bridgehead atoms. The molecule has 0 atom stereocenters. The van der Waals surface area contributed by atoms with Crippen LogP contribution in [0.15, 0.2) is 94.8 Å². The summed E-state index contributed by atoms with van der Waals surface area (Å²) in [7, 11) is 0. The molecule has 0 unspecified atom stereocenters. The molecule has 0 fully saturated rings. The van der Waals surface area contributed by atoms with Gasteiger partial charge in [0.15, 0.2) is 5.82 Å². The lowest BCUT2D eigenvalue weighted by Gasteiger charge is -2.13. The lowest BCUT2D eigenvalue weighted by atomic mass is 10.1. The first-order valence-corrected chi connectivity index (χ1v) is 14.2. The number of nitrogens with zero attached hydrogens (tertiary/aromatic N) is 3. The molecule has 0 amide bonds. The number of alkyl halides is 3. The van der Waals surface area contributed by atoms with Crippen LogP contribution in [0.3, 0.4) is 0 Å². The summed E-state index contributed by atoms with van der Waals surface area (Å²) in [5.41, 5.74) is 0.635. The minimum Gasteiger partial charge on any atom is -0.487 e. The van der Waals surface area contributed by atoms with Gasteiger partial charge in [-0.3, -0.25) is 4.79 Å². The zero-order chi connectivity index (χ0) is 28.4. The molecule has 0 saturated heterocycles. The van der Waals surface area contributed by atoms with Gasteiger partial charge in [0, 0.05) is 16.1 Å². The van der Waals surface area contributed by atoms with Crippen LogP contribution in [0.4, 0.5) is 13.2 Å². The van der Waals surface area contributed by atoms with Crippen LogP contribution in [0.5, 0.6) is 5.75 Å². The van der Waals surface area contributed by atoms with E-state index in [-0.39, 0.29) is 18.0 Å². The number of halogens is 6. The average molecular weight is 786 g/mol. The van der Waals surface area contributed by atoms with Crippen molar-refractivity contribution in [3.63, 3.8) is 0 Å². The molecule has 11 heteroatoms. The molecule has 0 saturated carbocycles. The molecule has 40 heavy (non-hydrogen) atoms. The normalized spacial score (nSPS) is 11.8. The molecule has 0 aliphatic carbocycles. The average Bonchev–Trinajstić information content (AvgIpc) is 2.92. The van der Waals surface area contributed by atoms with Gasteiger partial charge in [-0.05, 0) is 93.2 Å². The minimum absolute atomic E-state index is 0.00450. The van der Waals surface area contributed by atoms with Gasteiger partial charge < -0.3 is 4.74 Å². The molecule has 1 heterocycles. The molecule has 4 aromatic carbocycles. The van der Waals surface area contributed by atoms with Gasteiger partial charge in [-0.1, -0.05) is 54.1 Å². The summed E-state index contributed by atoms with van der Waals surface area (Å²) in [5, 5.41) is 5.29. The highest BCUT2D eigenvalue weighted by Crippen LogP contribution is 2.32. The molecule has 202 valence electrons. The molecule has 5 nitrogen and oxygen atoms in total. The van der Waals surface area contributed by atoms with Crippen molar-refractivity contribution in [1.82, 2.24) is 9.66 Å². The Morgan fingerprint density at radius 3 is 2.38 bits per heavy atom. The summed E-state index contributed by atoms with van der Waals surface area (Å²) < 4.78 is 49.0. The van der Waals surface area contributed by atoms with Crippen molar-refractivity contribution < 1.29 is 17.9 Å². The van der Waals surface area contributed by atoms with Crippen LogP contribution in [0, 0.1) is 7.14 Å². The Bertz CT molecular complexity index is 1800. The lowest BCUT2D eigenvalue weighted by molar-refractivity contribution is -0.137. The van der Waals surface area contributed by atoms with E-state index in [1.165, 1.54) is 18.3 Å². The number of fused-ring (bicyclic) bond motifs is 1. The van der Waals surface area contributed by atoms with Crippen LogP contribution in [0.2, 0.25) is 5.02 Å². The highest BCUT2D eigenvalue weighted by atomic mass is 127. The van der Waals surface area contributed by atoms with Crippen molar-refractivity contribution >= 4 is 73.9 Å². The van der Waals surface area contributed by atoms with Gasteiger partial charge >= 0.3 is 6.18 Å². The summed E-state index contributed by atoms with van der Waals surface area (Å²) in [6.07, 6.45) is -3.08. The SMILES string of the molecule is O=c1c2ccccc2nc(-c2cccc(C(F)(F)F)c2)n1N=Cc1cc(I)c(OCc2ccccc2Cl)c(I)c1. The Hall–Kier alpha value is -2.97. The third-order valence-electron chi connectivity index (χ3n) is 5.87. The van der Waals surface area contributed by atoms with Gasteiger partial charge in [0.2, 0.25) is 0 Å². The number of ether oxygens (including phenoxy) is 1. The molecule has 0 radical (unpaired) electrons. The maximum atomic E-state index is 13.4. The number of rotatable bonds is 6. The predicted molar refractivity (Wildman–Crippen MR) is 167 cm³/mol. The largest absolute Gasteiger partial charge is 0.487 e. The minimum atomic E-state index is -4.55. The summed E-state index contributed by atoms with van der Waals surface area (Å²) >= 11 is 10.5. The van der Waals surface area contributed by atoms with Crippen molar-refractivity contribution in [3.05, 3.63) is 124 Å². The van der Waals surface area contributed by atoms with Crippen LogP contribution in [-0.2, 0) is 12.8 Å². The highest BCUT2D eigenvalue weighted by Gasteiger charge is 2.31. The second kappa shape index (κ2) is 11.9. The molecule has 5 aromatic rings. The lowest BCUT2D eigenvalue weighted by Crippen LogP contribution is -2.20. The third kappa shape index (κ3) is 6.18. The van der Waals surface area contributed by atoms with Crippen molar-refractivity contribution in [2.75, 3.05) is 0 Å². The molecular formula is C29H17ClF3I2N3O2. The third-order valence-corrected chi connectivity index (χ3v) is 7.85. The van der Waals surface area contributed by atoms with Crippen molar-refractivity contribution in [1.29, 1.82) is 0 Å². The molecule has 0 spiro atoms. The van der Waals surface area contributed by atoms with E-state index >= 15 is 0 Å². The van der Waals surface area contributed by atoms with E-state index in [0.717, 1.165) is 29.5 Å². The van der Waals surface area contributed by atoms with Crippen molar-refractivity contribution in [3.8, 4) is 17.1 Å². The maximum Gasteiger partial charge on any atom is 0.416 e. The van der Waals surface area contributed by atoms with Gasteiger partial charge in [-0.2, -0.15) is 22.9 Å². The number of aromatic nitrogens is 2. The number of hydrogen-bond donors (Lipinski definition) is 0. The Labute approximate surface area is 258 Å². The van der Waals surface area contributed by atoms with E-state index in [1.807, 2.05) is 30.3 Å². The first kappa shape index (κ1) is 28.6. The fourth-order valence-electron chi connectivity index (χ4n) is 3.93. The number of hydrogen-bond acceptors (Lipinski definition) is 4. The van der Waals surface area contributed by atoms with Crippen molar-refractivity contribution in [2.45, 2.75) is 12.8 Å². The van der Waals surface area contributed by atoms with E-state index in [4.69, 9.17) is 16.3 Å². The first-order valence-electron chi connectivity index (χ1n) is 11.7. The Morgan fingerprint density at radius 1 is 0.950 bits per heavy atom. The van der Waals surface area contributed by atoms with Crippen LogP contribution >= 0.6 is 56.8 Å². The second-order valence-corrected chi connectivity index (χ2v) is 11.3. The second-order valence-electron chi connectivity index (χ2n) is 8.59. The van der Waals surface area contributed by atoms with E-state index in [9.17, 15) is 18.0 Å². The first-order chi connectivity index (χ1) is 19.1. The fourth-order valence-corrected chi connectivity index (χ4v) is 6.25. The molecule has 0 aliphatic heterocycles. The smallest absolute Gasteiger partial charge is 0.416 e. The standard InChI is InChI=1S/C29H17ClF3I2N3O2/c30-22-10-3-1-6-19(22)16-40-26-23(34)12-17(13-24(26)35)15-36-38-27(18-7-5-8-20(14-18)29(31,32)33)37-25-11-4-2-9-21(25)28(38)39/h1-15H,16H2. The summed E-state index contributed by atoms with van der Waals surface area (Å²) in [6, 6.07) is 22.4. The van der Waals surface area contributed by atoms with E-state index in [0.29, 0.717) is 27.2 Å². The van der Waals surface area contributed by atoms with Gasteiger partial charge in [-0.25, -0.2) is 4.98 Å². The molecule has 1 aromatic heterocycles. The van der Waals surface area contributed by atoms with E-state index in [1.54, 1.807) is 30.3 Å². The van der Waals surface area contributed by atoms with Crippen LogP contribution in [0.25, 0.3) is 22.3 Å². The number of benzene rings is 4. The van der Waals surface area contributed by atoms with Crippen LogP contribution < -0.4 is 10.3 Å². The van der Waals surface area contributed by atoms with Crippen molar-refractivity contribution in [2.24, 2.45) is 5.10 Å². The monoisotopic (exact) mass is 785 g/mol. The molecule has 0 aliphatic rings. The maximum absolute atomic E-state index is 13.4. The molecular weight excluding hydrogens is 769 g/mol. The van der Waals surface area contributed by atoms with Gasteiger partial charge in [0.25, 0.3) is 5.56 Å². The van der Waals surface area contributed by atoms with E-state index in [2.05, 4.69) is 55.3 Å². The van der Waals surface area contributed by atoms with Crippen LogP contribution in [0.1, 0.15) is 16.7 Å². The molecule has 0 N–H and O–H groups in total. The quantitative estimate of drug-likeness (QED) is 0.128. The number of para-hydroxylation sites is 1.